The average Bonchev–Trinajstić information content (AvgIpc) is 2.35. The second kappa shape index (κ2) is 6.70. The van der Waals surface area contributed by atoms with Gasteiger partial charge in [0, 0.05) is 7.05 Å². The molecule has 0 unspecified atom stereocenters. The second-order valence-electron chi connectivity index (χ2n) is 3.35. The lowest BCUT2D eigenvalue weighted by Gasteiger charge is -2.09. The maximum Gasteiger partial charge on any atom is 0.276 e. The van der Waals surface area contributed by atoms with E-state index in [1.807, 2.05) is 31.2 Å². The first-order chi connectivity index (χ1) is 8.11. The number of carbonyl (C=O) groups excluding carboxylic acids is 1. The molecular weight excluding hydrogens is 238 g/mol. The van der Waals surface area contributed by atoms with Crippen LogP contribution in [0, 0.1) is 6.92 Å². The minimum absolute atomic E-state index is 0.0671. The van der Waals surface area contributed by atoms with Gasteiger partial charge in [-0.15, -0.1) is 0 Å². The van der Waals surface area contributed by atoms with Gasteiger partial charge in [0.2, 0.25) is 0 Å². The highest BCUT2D eigenvalue weighted by atomic mass is 32.1. The zero-order valence-electron chi connectivity index (χ0n) is 9.74. The second-order valence-corrected chi connectivity index (χ2v) is 3.76. The Kier molecular flexibility index (Phi) is 5.22. The number of nitrogens with one attached hydrogen (secondary N) is 3. The van der Waals surface area contributed by atoms with Crippen molar-refractivity contribution in [3.63, 3.8) is 0 Å². The van der Waals surface area contributed by atoms with Crippen molar-refractivity contribution in [1.82, 2.24) is 16.2 Å². The fourth-order valence-electron chi connectivity index (χ4n) is 1.01. The van der Waals surface area contributed by atoms with Crippen molar-refractivity contribution >= 4 is 23.2 Å². The zero-order chi connectivity index (χ0) is 12.7. The number of benzene rings is 1. The van der Waals surface area contributed by atoms with Crippen LogP contribution in [0.25, 0.3) is 0 Å². The van der Waals surface area contributed by atoms with Crippen LogP contribution in [-0.2, 0) is 4.79 Å². The van der Waals surface area contributed by atoms with E-state index in [9.17, 15) is 4.79 Å². The Morgan fingerprint density at radius 3 is 2.53 bits per heavy atom. The van der Waals surface area contributed by atoms with Crippen molar-refractivity contribution in [3.05, 3.63) is 29.8 Å². The molecule has 3 N–H and O–H groups in total. The number of hydrogen-bond acceptors (Lipinski definition) is 3. The molecule has 92 valence electrons. The lowest BCUT2D eigenvalue weighted by atomic mass is 10.2. The lowest BCUT2D eigenvalue weighted by molar-refractivity contribution is -0.123. The number of aryl methyl sites for hydroxylation is 1. The molecule has 0 heterocycles. The Labute approximate surface area is 106 Å². The van der Waals surface area contributed by atoms with Crippen molar-refractivity contribution in [2.75, 3.05) is 13.7 Å². The van der Waals surface area contributed by atoms with Gasteiger partial charge in [0.1, 0.15) is 5.75 Å². The number of rotatable bonds is 3. The predicted molar refractivity (Wildman–Crippen MR) is 69.6 cm³/mol. The van der Waals surface area contributed by atoms with Crippen molar-refractivity contribution in [2.45, 2.75) is 6.92 Å². The van der Waals surface area contributed by atoms with E-state index in [-0.39, 0.29) is 12.5 Å². The molecule has 0 fully saturated rings. The van der Waals surface area contributed by atoms with Crippen molar-refractivity contribution in [1.29, 1.82) is 0 Å². The van der Waals surface area contributed by atoms with Gasteiger partial charge < -0.3 is 10.1 Å². The Morgan fingerprint density at radius 1 is 1.29 bits per heavy atom. The van der Waals surface area contributed by atoms with E-state index in [2.05, 4.69) is 16.2 Å². The van der Waals surface area contributed by atoms with Crippen LogP contribution in [0.2, 0.25) is 0 Å². The average molecular weight is 253 g/mol. The van der Waals surface area contributed by atoms with Crippen molar-refractivity contribution < 1.29 is 9.53 Å². The molecule has 17 heavy (non-hydrogen) atoms. The SMILES string of the molecule is CNC(=S)NNC(=O)COc1ccc(C)cc1. The third kappa shape index (κ3) is 5.17. The fraction of sp³-hybridized carbons (Fsp3) is 0.273. The van der Waals surface area contributed by atoms with Crippen LogP contribution in [-0.4, -0.2) is 24.7 Å². The van der Waals surface area contributed by atoms with E-state index >= 15 is 0 Å². The predicted octanol–water partition coefficient (Wildman–Crippen LogP) is 0.499. The van der Waals surface area contributed by atoms with Crippen LogP contribution in [0.3, 0.4) is 0 Å². The molecule has 1 rings (SSSR count). The van der Waals surface area contributed by atoms with E-state index < -0.39 is 0 Å². The van der Waals surface area contributed by atoms with E-state index in [0.29, 0.717) is 10.9 Å². The van der Waals surface area contributed by atoms with Crippen molar-refractivity contribution in [3.8, 4) is 5.75 Å². The molecule has 0 bridgehead atoms. The molecule has 0 aromatic heterocycles. The van der Waals surface area contributed by atoms with Gasteiger partial charge in [0.05, 0.1) is 0 Å². The molecule has 0 saturated heterocycles. The summed E-state index contributed by atoms with van der Waals surface area (Å²) in [6.07, 6.45) is 0. The smallest absolute Gasteiger partial charge is 0.276 e. The summed E-state index contributed by atoms with van der Waals surface area (Å²) in [5.74, 6) is 0.352. The van der Waals surface area contributed by atoms with Gasteiger partial charge >= 0.3 is 0 Å². The quantitative estimate of drug-likeness (QED) is 0.541. The highest BCUT2D eigenvalue weighted by molar-refractivity contribution is 7.80. The van der Waals surface area contributed by atoms with Gasteiger partial charge in [-0.25, -0.2) is 0 Å². The first kappa shape index (κ1) is 13.2. The number of carbonyl (C=O) groups is 1. The van der Waals surface area contributed by atoms with Gasteiger partial charge in [0.25, 0.3) is 5.91 Å². The number of thiocarbonyl (C=S) groups is 1. The molecule has 0 radical (unpaired) electrons. The summed E-state index contributed by atoms with van der Waals surface area (Å²) in [4.78, 5) is 11.3. The van der Waals surface area contributed by atoms with Gasteiger partial charge in [-0.05, 0) is 31.3 Å². The Morgan fingerprint density at radius 2 is 1.94 bits per heavy atom. The van der Waals surface area contributed by atoms with Crippen LogP contribution in [0.4, 0.5) is 0 Å². The molecular formula is C11H15N3O2S. The van der Waals surface area contributed by atoms with E-state index in [4.69, 9.17) is 17.0 Å². The fourth-order valence-corrected chi connectivity index (χ4v) is 1.06. The maximum atomic E-state index is 11.3. The molecule has 0 aliphatic rings. The number of hydrogen-bond donors (Lipinski definition) is 3. The van der Waals surface area contributed by atoms with Crippen LogP contribution in [0.1, 0.15) is 5.56 Å². The third-order valence-corrected chi connectivity index (χ3v) is 2.24. The molecule has 1 aromatic rings. The summed E-state index contributed by atoms with van der Waals surface area (Å²) in [7, 11) is 1.66. The summed E-state index contributed by atoms with van der Waals surface area (Å²) < 4.78 is 5.27. The Hall–Kier alpha value is -1.82. The van der Waals surface area contributed by atoms with E-state index in [1.54, 1.807) is 7.05 Å². The first-order valence-electron chi connectivity index (χ1n) is 5.08. The van der Waals surface area contributed by atoms with Crippen LogP contribution < -0.4 is 20.9 Å². The molecule has 0 aliphatic heterocycles. The summed E-state index contributed by atoms with van der Waals surface area (Å²) in [6, 6.07) is 7.46. The minimum Gasteiger partial charge on any atom is -0.484 e. The standard InChI is InChI=1S/C11H15N3O2S/c1-8-3-5-9(6-4-8)16-7-10(15)13-14-11(17)12-2/h3-6H,7H2,1-2H3,(H,13,15)(H2,12,14,17). The zero-order valence-corrected chi connectivity index (χ0v) is 10.6. The van der Waals surface area contributed by atoms with Gasteiger partial charge in [-0.3, -0.25) is 15.6 Å². The molecule has 0 spiro atoms. The number of ether oxygens (including phenoxy) is 1. The van der Waals surface area contributed by atoms with Gasteiger partial charge in [-0.1, -0.05) is 17.7 Å². The largest absolute Gasteiger partial charge is 0.484 e. The summed E-state index contributed by atoms with van der Waals surface area (Å²) >= 11 is 4.79. The maximum absolute atomic E-state index is 11.3. The van der Waals surface area contributed by atoms with Gasteiger partial charge in [-0.2, -0.15) is 0 Å². The topological polar surface area (TPSA) is 62.4 Å². The normalized spacial score (nSPS) is 9.29. The van der Waals surface area contributed by atoms with E-state index in [1.165, 1.54) is 0 Å². The Bertz CT molecular complexity index is 392. The lowest BCUT2D eigenvalue weighted by Crippen LogP contribution is -2.47. The molecule has 5 nitrogen and oxygen atoms in total. The molecule has 0 saturated carbocycles. The summed E-state index contributed by atoms with van der Waals surface area (Å²) in [5, 5.41) is 3.01. The number of amides is 1. The van der Waals surface area contributed by atoms with Crippen LogP contribution in [0.5, 0.6) is 5.75 Å². The summed E-state index contributed by atoms with van der Waals surface area (Å²) in [6.45, 7) is 1.92. The highest BCUT2D eigenvalue weighted by Gasteiger charge is 2.02. The third-order valence-electron chi connectivity index (χ3n) is 1.93. The number of hydrazine groups is 1. The minimum atomic E-state index is -0.303. The Balaban J connectivity index is 2.28. The summed E-state index contributed by atoms with van der Waals surface area (Å²) in [5.41, 5.74) is 6.06. The monoisotopic (exact) mass is 253 g/mol. The van der Waals surface area contributed by atoms with Gasteiger partial charge in [0.15, 0.2) is 11.7 Å². The first-order valence-corrected chi connectivity index (χ1v) is 5.48. The molecule has 1 aromatic carbocycles. The van der Waals surface area contributed by atoms with Crippen LogP contribution in [0.15, 0.2) is 24.3 Å². The van der Waals surface area contributed by atoms with E-state index in [0.717, 1.165) is 5.56 Å². The van der Waals surface area contributed by atoms with Crippen molar-refractivity contribution in [2.24, 2.45) is 0 Å². The molecule has 0 aliphatic carbocycles. The van der Waals surface area contributed by atoms with Crippen LogP contribution >= 0.6 is 12.2 Å². The molecule has 1 amide bonds. The molecule has 6 heteroatoms. The molecule has 0 atom stereocenters. The highest BCUT2D eigenvalue weighted by Crippen LogP contribution is 2.10.